The second-order valence-electron chi connectivity index (χ2n) is 4.09. The average Bonchev–Trinajstić information content (AvgIpc) is 2.26. The van der Waals surface area contributed by atoms with Crippen LogP contribution < -0.4 is 5.56 Å². The first-order valence-corrected chi connectivity index (χ1v) is 6.34. The lowest BCUT2D eigenvalue weighted by Crippen LogP contribution is -2.24. The van der Waals surface area contributed by atoms with Gasteiger partial charge in [0.2, 0.25) is 0 Å². The van der Waals surface area contributed by atoms with Gasteiger partial charge in [0.15, 0.2) is 5.03 Å². The van der Waals surface area contributed by atoms with E-state index in [-0.39, 0.29) is 11.6 Å². The van der Waals surface area contributed by atoms with E-state index >= 15 is 0 Å². The van der Waals surface area contributed by atoms with Crippen LogP contribution >= 0.6 is 11.8 Å². The van der Waals surface area contributed by atoms with Gasteiger partial charge >= 0.3 is 5.97 Å². The molecule has 1 atom stereocenters. The third kappa shape index (κ3) is 3.59. The molecule has 0 aliphatic carbocycles. The highest BCUT2D eigenvalue weighted by Crippen LogP contribution is 2.15. The second kappa shape index (κ2) is 5.86. The number of thioether (sulfide) groups is 1. The molecule has 17 heavy (non-hydrogen) atoms. The highest BCUT2D eigenvalue weighted by molar-refractivity contribution is 7.99. The summed E-state index contributed by atoms with van der Waals surface area (Å²) >= 11 is 1.19. The molecule has 0 aliphatic heterocycles. The van der Waals surface area contributed by atoms with Crippen molar-refractivity contribution in [1.82, 2.24) is 9.55 Å². The van der Waals surface area contributed by atoms with Crippen LogP contribution in [0.4, 0.5) is 0 Å². The van der Waals surface area contributed by atoms with E-state index in [1.54, 1.807) is 23.9 Å². The van der Waals surface area contributed by atoms with Crippen LogP contribution in [0.3, 0.4) is 0 Å². The molecule has 1 heterocycles. The summed E-state index contributed by atoms with van der Waals surface area (Å²) in [5.74, 6) is -1.01. The molecular formula is C11H16N2O3S. The quantitative estimate of drug-likeness (QED) is 0.811. The molecule has 6 heteroatoms. The van der Waals surface area contributed by atoms with E-state index in [9.17, 15) is 9.59 Å². The molecule has 0 amide bonds. The lowest BCUT2D eigenvalue weighted by Gasteiger charge is -2.10. The maximum atomic E-state index is 11.9. The van der Waals surface area contributed by atoms with Crippen molar-refractivity contribution in [1.29, 1.82) is 0 Å². The standard InChI is InChI=1S/C11H16N2O3S/c1-7(2)13-5-4-12-9(10(13)14)17-6-8(3)11(15)16/h4-5,7-8H,6H2,1-3H3,(H,15,16). The smallest absolute Gasteiger partial charge is 0.307 e. The van der Waals surface area contributed by atoms with Crippen LogP contribution in [-0.2, 0) is 4.79 Å². The summed E-state index contributed by atoms with van der Waals surface area (Å²) in [4.78, 5) is 26.6. The number of aliphatic carboxylic acids is 1. The number of rotatable bonds is 5. The Hall–Kier alpha value is -1.30. The topological polar surface area (TPSA) is 72.2 Å². The van der Waals surface area contributed by atoms with Gasteiger partial charge in [0, 0.05) is 24.2 Å². The summed E-state index contributed by atoms with van der Waals surface area (Å²) in [6.07, 6.45) is 3.20. The summed E-state index contributed by atoms with van der Waals surface area (Å²) in [5.41, 5.74) is -0.162. The molecule has 5 nitrogen and oxygen atoms in total. The number of hydrogen-bond acceptors (Lipinski definition) is 4. The summed E-state index contributed by atoms with van der Waals surface area (Å²) in [6.45, 7) is 5.44. The van der Waals surface area contributed by atoms with Gasteiger partial charge in [-0.15, -0.1) is 0 Å². The molecule has 0 fully saturated rings. The van der Waals surface area contributed by atoms with Gasteiger partial charge in [0.25, 0.3) is 5.56 Å². The summed E-state index contributed by atoms with van der Waals surface area (Å²) < 4.78 is 1.58. The van der Waals surface area contributed by atoms with Gasteiger partial charge in [0.1, 0.15) is 0 Å². The fourth-order valence-corrected chi connectivity index (χ4v) is 2.10. The average molecular weight is 256 g/mol. The van der Waals surface area contributed by atoms with Gasteiger partial charge in [-0.2, -0.15) is 0 Å². The van der Waals surface area contributed by atoms with E-state index < -0.39 is 11.9 Å². The van der Waals surface area contributed by atoms with Crippen LogP contribution in [0.1, 0.15) is 26.8 Å². The molecule has 1 N–H and O–H groups in total. The first-order valence-electron chi connectivity index (χ1n) is 5.36. The van der Waals surface area contributed by atoms with E-state index in [1.807, 2.05) is 13.8 Å². The third-order valence-electron chi connectivity index (χ3n) is 2.28. The van der Waals surface area contributed by atoms with Crippen molar-refractivity contribution < 1.29 is 9.90 Å². The minimum absolute atomic E-state index is 0.0711. The molecule has 1 rings (SSSR count). The fourth-order valence-electron chi connectivity index (χ4n) is 1.19. The largest absolute Gasteiger partial charge is 0.481 e. The Balaban J connectivity index is 2.83. The Labute approximate surface area is 104 Å². The van der Waals surface area contributed by atoms with Crippen LogP contribution in [-0.4, -0.2) is 26.4 Å². The summed E-state index contributed by atoms with van der Waals surface area (Å²) in [5, 5.41) is 9.11. The molecule has 0 spiro atoms. The van der Waals surface area contributed by atoms with Gasteiger partial charge in [-0.25, -0.2) is 4.98 Å². The Morgan fingerprint density at radius 1 is 1.53 bits per heavy atom. The van der Waals surface area contributed by atoms with E-state index in [0.29, 0.717) is 10.8 Å². The molecule has 0 bridgehead atoms. The van der Waals surface area contributed by atoms with Crippen molar-refractivity contribution in [2.45, 2.75) is 31.8 Å². The van der Waals surface area contributed by atoms with Crippen molar-refractivity contribution in [3.8, 4) is 0 Å². The highest BCUT2D eigenvalue weighted by Gasteiger charge is 2.14. The molecular weight excluding hydrogens is 240 g/mol. The summed E-state index contributed by atoms with van der Waals surface area (Å²) in [6, 6.07) is 0.0711. The lowest BCUT2D eigenvalue weighted by molar-refractivity contribution is -0.140. The van der Waals surface area contributed by atoms with Crippen molar-refractivity contribution in [3.63, 3.8) is 0 Å². The highest BCUT2D eigenvalue weighted by atomic mass is 32.2. The number of nitrogens with zero attached hydrogens (tertiary/aromatic N) is 2. The zero-order valence-corrected chi connectivity index (χ0v) is 10.9. The van der Waals surface area contributed by atoms with Crippen LogP contribution in [0.15, 0.2) is 22.2 Å². The number of carbonyl (C=O) groups is 1. The SMILES string of the molecule is CC(CSc1nccn(C(C)C)c1=O)C(=O)O. The molecule has 0 saturated carbocycles. The van der Waals surface area contributed by atoms with Gasteiger partial charge in [-0.1, -0.05) is 18.7 Å². The van der Waals surface area contributed by atoms with Crippen molar-refractivity contribution >= 4 is 17.7 Å². The summed E-state index contributed by atoms with van der Waals surface area (Å²) in [7, 11) is 0. The molecule has 0 saturated heterocycles. The molecule has 0 radical (unpaired) electrons. The van der Waals surface area contributed by atoms with Gasteiger partial charge in [0.05, 0.1) is 5.92 Å². The maximum Gasteiger partial charge on any atom is 0.307 e. The second-order valence-corrected chi connectivity index (χ2v) is 5.10. The molecule has 94 valence electrons. The maximum absolute atomic E-state index is 11.9. The van der Waals surface area contributed by atoms with E-state index in [4.69, 9.17) is 5.11 Å². The molecule has 1 aromatic rings. The lowest BCUT2D eigenvalue weighted by atomic mass is 10.2. The Kier molecular flexibility index (Phi) is 4.74. The van der Waals surface area contributed by atoms with Crippen LogP contribution in [0.2, 0.25) is 0 Å². The van der Waals surface area contributed by atoms with E-state index in [2.05, 4.69) is 4.98 Å². The fraction of sp³-hybridized carbons (Fsp3) is 0.545. The number of carboxylic acids is 1. The Morgan fingerprint density at radius 2 is 2.18 bits per heavy atom. The van der Waals surface area contributed by atoms with Crippen molar-refractivity contribution in [2.24, 2.45) is 5.92 Å². The minimum Gasteiger partial charge on any atom is -0.481 e. The molecule has 0 aliphatic rings. The number of aromatic nitrogens is 2. The number of carboxylic acid groups (broad SMARTS) is 1. The van der Waals surface area contributed by atoms with Crippen LogP contribution in [0.25, 0.3) is 0 Å². The molecule has 1 unspecified atom stereocenters. The van der Waals surface area contributed by atoms with E-state index in [1.165, 1.54) is 11.8 Å². The van der Waals surface area contributed by atoms with Crippen molar-refractivity contribution in [2.75, 3.05) is 5.75 Å². The predicted molar refractivity (Wildman–Crippen MR) is 66.4 cm³/mol. The first kappa shape index (κ1) is 13.8. The predicted octanol–water partition coefficient (Wildman–Crippen LogP) is 1.64. The van der Waals surface area contributed by atoms with Gasteiger partial charge < -0.3 is 9.67 Å². The van der Waals surface area contributed by atoms with Crippen LogP contribution in [0.5, 0.6) is 0 Å². The zero-order valence-electron chi connectivity index (χ0n) is 10.1. The molecule has 1 aromatic heterocycles. The minimum atomic E-state index is -0.863. The Morgan fingerprint density at radius 3 is 2.71 bits per heavy atom. The normalized spacial score (nSPS) is 12.7. The monoisotopic (exact) mass is 256 g/mol. The van der Waals surface area contributed by atoms with E-state index in [0.717, 1.165) is 0 Å². The molecule has 0 aromatic carbocycles. The first-order chi connectivity index (χ1) is 7.93. The van der Waals surface area contributed by atoms with Gasteiger partial charge in [-0.3, -0.25) is 9.59 Å². The van der Waals surface area contributed by atoms with Gasteiger partial charge in [-0.05, 0) is 13.8 Å². The number of hydrogen-bond donors (Lipinski definition) is 1. The van der Waals surface area contributed by atoms with Crippen LogP contribution in [0, 0.1) is 5.92 Å². The zero-order chi connectivity index (χ0) is 13.0. The Bertz CT molecular complexity index is 456. The van der Waals surface area contributed by atoms with Crippen molar-refractivity contribution in [3.05, 3.63) is 22.7 Å². The third-order valence-corrected chi connectivity index (χ3v) is 3.50.